The summed E-state index contributed by atoms with van der Waals surface area (Å²) in [7, 11) is 0. The smallest absolute Gasteiger partial charge is 0.210 e. The molecule has 5 N–H and O–H groups in total. The summed E-state index contributed by atoms with van der Waals surface area (Å²) in [6.07, 6.45) is 9.58. The van der Waals surface area contributed by atoms with Crippen molar-refractivity contribution in [3.8, 4) is 11.1 Å². The highest BCUT2D eigenvalue weighted by atomic mass is 15.3. The number of fused-ring (bicyclic) bond motifs is 1. The maximum atomic E-state index is 6.70. The van der Waals surface area contributed by atoms with Gasteiger partial charge in [-0.25, -0.2) is 4.99 Å². The number of rotatable bonds is 7. The van der Waals surface area contributed by atoms with Crippen molar-refractivity contribution in [2.24, 2.45) is 10.7 Å². The molecule has 0 bridgehead atoms. The molecule has 1 unspecified atom stereocenters. The van der Waals surface area contributed by atoms with Crippen molar-refractivity contribution in [1.29, 1.82) is 0 Å². The Balaban J connectivity index is 1.28. The first-order valence-electron chi connectivity index (χ1n) is 11.2. The summed E-state index contributed by atoms with van der Waals surface area (Å²) in [5.41, 5.74) is 11.0. The number of allylic oxidation sites excluding steroid dienone is 1. The molecule has 1 aromatic heterocycles. The molecule has 6 nitrogen and oxygen atoms in total. The maximum Gasteiger partial charge on any atom is 0.210 e. The third-order valence-electron chi connectivity index (χ3n) is 6.21. The van der Waals surface area contributed by atoms with E-state index in [-0.39, 0.29) is 0 Å². The van der Waals surface area contributed by atoms with E-state index >= 15 is 0 Å². The molecule has 0 saturated carbocycles. The normalized spacial score (nSPS) is 21.3. The van der Waals surface area contributed by atoms with Gasteiger partial charge in [0.1, 0.15) is 5.82 Å². The van der Waals surface area contributed by atoms with Gasteiger partial charge in [-0.05, 0) is 62.7 Å². The monoisotopic (exact) mass is 414 g/mol. The Morgan fingerprint density at radius 2 is 1.97 bits per heavy atom. The SMILES string of the molecule is NC1(c2cccc(-c3c[nH]c4ccccc34)c2)N=CC=C(NCCCN2CCCC2)N1. The molecule has 31 heavy (non-hydrogen) atoms. The van der Waals surface area contributed by atoms with E-state index in [1.165, 1.54) is 31.3 Å². The van der Waals surface area contributed by atoms with Gasteiger partial charge >= 0.3 is 0 Å². The Hall–Kier alpha value is -3.09. The minimum Gasteiger partial charge on any atom is -0.372 e. The highest BCUT2D eigenvalue weighted by Crippen LogP contribution is 2.31. The molecule has 2 aliphatic heterocycles. The van der Waals surface area contributed by atoms with E-state index < -0.39 is 5.79 Å². The first-order valence-corrected chi connectivity index (χ1v) is 11.2. The number of para-hydroxylation sites is 1. The van der Waals surface area contributed by atoms with Crippen LogP contribution in [0.2, 0.25) is 0 Å². The van der Waals surface area contributed by atoms with Crippen LogP contribution in [0.3, 0.4) is 0 Å². The molecule has 3 heterocycles. The van der Waals surface area contributed by atoms with Crippen LogP contribution in [-0.2, 0) is 5.79 Å². The van der Waals surface area contributed by atoms with Crippen molar-refractivity contribution in [2.75, 3.05) is 26.2 Å². The van der Waals surface area contributed by atoms with Crippen molar-refractivity contribution < 1.29 is 0 Å². The Morgan fingerprint density at radius 3 is 2.87 bits per heavy atom. The standard InChI is InChI=1S/C25H30N6/c26-25(29-13-11-24(30-25)27-12-6-16-31-14-3-4-15-31)20-8-5-7-19(17-20)22-18-28-23-10-2-1-9-21(22)23/h1-2,5,7-11,13,17-18,27-28,30H,3-4,6,12,14-16,26H2. The molecular weight excluding hydrogens is 384 g/mol. The molecule has 0 radical (unpaired) electrons. The van der Waals surface area contributed by atoms with E-state index in [2.05, 4.69) is 62.0 Å². The topological polar surface area (TPSA) is 81.5 Å². The lowest BCUT2D eigenvalue weighted by Gasteiger charge is -2.32. The molecule has 1 fully saturated rings. The van der Waals surface area contributed by atoms with Crippen molar-refractivity contribution >= 4 is 17.1 Å². The quantitative estimate of drug-likeness (QED) is 0.446. The first-order chi connectivity index (χ1) is 15.2. The van der Waals surface area contributed by atoms with Gasteiger partial charge in [0.25, 0.3) is 0 Å². The van der Waals surface area contributed by atoms with Crippen LogP contribution in [-0.4, -0.2) is 42.3 Å². The summed E-state index contributed by atoms with van der Waals surface area (Å²) in [4.78, 5) is 10.5. The molecule has 6 heteroatoms. The summed E-state index contributed by atoms with van der Waals surface area (Å²) in [6.45, 7) is 4.54. The number of likely N-dealkylation sites (tertiary alicyclic amines) is 1. The fraction of sp³-hybridized carbons (Fsp3) is 0.320. The number of hydrogen-bond donors (Lipinski definition) is 4. The van der Waals surface area contributed by atoms with Gasteiger partial charge in [0.05, 0.1) is 0 Å². The zero-order valence-electron chi connectivity index (χ0n) is 17.8. The lowest BCUT2D eigenvalue weighted by Crippen LogP contribution is -2.52. The molecule has 0 spiro atoms. The summed E-state index contributed by atoms with van der Waals surface area (Å²) in [5, 5.41) is 8.08. The minimum absolute atomic E-state index is 0.911. The number of hydrogen-bond acceptors (Lipinski definition) is 5. The number of benzene rings is 2. The van der Waals surface area contributed by atoms with Crippen LogP contribution < -0.4 is 16.4 Å². The number of nitrogens with zero attached hydrogens (tertiary/aromatic N) is 2. The average Bonchev–Trinajstić information content (AvgIpc) is 3.47. The van der Waals surface area contributed by atoms with Crippen LogP contribution in [0, 0.1) is 0 Å². The van der Waals surface area contributed by atoms with E-state index in [9.17, 15) is 0 Å². The molecule has 1 saturated heterocycles. The number of aliphatic imine (C=N–C) groups is 1. The van der Waals surface area contributed by atoms with E-state index in [1.807, 2.05) is 24.3 Å². The van der Waals surface area contributed by atoms with E-state index in [0.29, 0.717) is 0 Å². The minimum atomic E-state index is -0.992. The maximum absolute atomic E-state index is 6.70. The largest absolute Gasteiger partial charge is 0.372 e. The summed E-state index contributed by atoms with van der Waals surface area (Å²) >= 11 is 0. The number of H-pyrrole nitrogens is 1. The van der Waals surface area contributed by atoms with Gasteiger partial charge in [-0.15, -0.1) is 0 Å². The van der Waals surface area contributed by atoms with Gasteiger partial charge in [-0.1, -0.05) is 36.4 Å². The molecule has 2 aromatic carbocycles. The van der Waals surface area contributed by atoms with Crippen molar-refractivity contribution in [1.82, 2.24) is 20.5 Å². The lowest BCUT2D eigenvalue weighted by atomic mass is 9.99. The van der Waals surface area contributed by atoms with E-state index in [4.69, 9.17) is 5.73 Å². The molecule has 3 aromatic rings. The van der Waals surface area contributed by atoms with Crippen LogP contribution >= 0.6 is 0 Å². The molecule has 160 valence electrons. The average molecular weight is 415 g/mol. The van der Waals surface area contributed by atoms with Gasteiger partial charge in [0, 0.05) is 41.0 Å². The second kappa shape index (κ2) is 8.57. The van der Waals surface area contributed by atoms with Crippen molar-refractivity contribution in [3.63, 3.8) is 0 Å². The zero-order valence-corrected chi connectivity index (χ0v) is 17.8. The number of aromatic nitrogens is 1. The van der Waals surface area contributed by atoms with Gasteiger partial charge in [0.15, 0.2) is 0 Å². The predicted octanol–water partition coefficient (Wildman–Crippen LogP) is 3.49. The molecule has 0 amide bonds. The number of nitrogens with two attached hydrogens (primary N) is 1. The Kier molecular flexibility index (Phi) is 5.49. The van der Waals surface area contributed by atoms with Crippen LogP contribution in [0.4, 0.5) is 0 Å². The fourth-order valence-electron chi connectivity index (χ4n) is 4.52. The molecule has 1 atom stereocenters. The van der Waals surface area contributed by atoms with Gasteiger partial charge in [-0.2, -0.15) is 0 Å². The highest BCUT2D eigenvalue weighted by molar-refractivity contribution is 5.95. The second-order valence-corrected chi connectivity index (χ2v) is 8.41. The second-order valence-electron chi connectivity index (χ2n) is 8.41. The van der Waals surface area contributed by atoms with Gasteiger partial charge in [-0.3, -0.25) is 5.73 Å². The molecular formula is C25H30N6. The van der Waals surface area contributed by atoms with Crippen molar-refractivity contribution in [2.45, 2.75) is 25.0 Å². The zero-order chi connectivity index (χ0) is 21.1. The van der Waals surface area contributed by atoms with Gasteiger partial charge < -0.3 is 20.5 Å². The molecule has 0 aliphatic carbocycles. The van der Waals surface area contributed by atoms with Crippen molar-refractivity contribution in [3.05, 3.63) is 72.2 Å². The van der Waals surface area contributed by atoms with Gasteiger partial charge in [0.2, 0.25) is 5.79 Å². The predicted molar refractivity (Wildman–Crippen MR) is 128 cm³/mol. The lowest BCUT2D eigenvalue weighted by molar-refractivity contribution is 0.329. The summed E-state index contributed by atoms with van der Waals surface area (Å²) in [5.74, 6) is -0.0786. The summed E-state index contributed by atoms with van der Waals surface area (Å²) in [6, 6.07) is 16.6. The molecule has 5 rings (SSSR count). The van der Waals surface area contributed by atoms with E-state index in [0.717, 1.165) is 47.5 Å². The fourth-order valence-corrected chi connectivity index (χ4v) is 4.52. The Labute approximate surface area is 183 Å². The van der Waals surface area contributed by atoms with Crippen LogP contribution in [0.1, 0.15) is 24.8 Å². The highest BCUT2D eigenvalue weighted by Gasteiger charge is 2.29. The third-order valence-corrected chi connectivity index (χ3v) is 6.21. The third kappa shape index (κ3) is 4.22. The Morgan fingerprint density at radius 1 is 1.10 bits per heavy atom. The summed E-state index contributed by atoms with van der Waals surface area (Å²) < 4.78 is 0. The number of nitrogens with one attached hydrogen (secondary N) is 3. The Bertz CT molecular complexity index is 1110. The van der Waals surface area contributed by atoms with Crippen LogP contribution in [0.25, 0.3) is 22.0 Å². The molecule has 2 aliphatic rings. The van der Waals surface area contributed by atoms with Crippen LogP contribution in [0.5, 0.6) is 0 Å². The number of aromatic amines is 1. The first kappa shape index (κ1) is 19.8. The van der Waals surface area contributed by atoms with E-state index in [1.54, 1.807) is 6.21 Å². The van der Waals surface area contributed by atoms with Crippen LogP contribution in [0.15, 0.2) is 71.6 Å².